The molecule has 0 aliphatic heterocycles. The van der Waals surface area contributed by atoms with Gasteiger partial charge in [0.2, 0.25) is 0 Å². The van der Waals surface area contributed by atoms with Gasteiger partial charge in [0.1, 0.15) is 6.61 Å². The molecule has 0 radical (unpaired) electrons. The molecule has 0 saturated heterocycles. The zero-order valence-electron chi connectivity index (χ0n) is 17.5. The number of hydrogen-bond acceptors (Lipinski definition) is 6. The average Bonchev–Trinajstić information content (AvgIpc) is 3.20. The molecular formula is C24H29NO5. The molecule has 1 aliphatic rings. The second-order valence-electron chi connectivity index (χ2n) is 7.13. The second-order valence-corrected chi connectivity index (χ2v) is 7.13. The highest BCUT2D eigenvalue weighted by molar-refractivity contribution is 5.86. The summed E-state index contributed by atoms with van der Waals surface area (Å²) >= 11 is 0. The molecule has 0 bridgehead atoms. The summed E-state index contributed by atoms with van der Waals surface area (Å²) in [5.74, 6) is 1.07. The first-order valence-corrected chi connectivity index (χ1v) is 10.2. The van der Waals surface area contributed by atoms with Crippen molar-refractivity contribution in [1.82, 2.24) is 4.90 Å². The van der Waals surface area contributed by atoms with E-state index in [0.717, 1.165) is 24.2 Å². The van der Waals surface area contributed by atoms with Crippen LogP contribution in [0.4, 0.5) is 0 Å². The van der Waals surface area contributed by atoms with Crippen molar-refractivity contribution in [1.29, 1.82) is 0 Å². The van der Waals surface area contributed by atoms with E-state index >= 15 is 0 Å². The van der Waals surface area contributed by atoms with E-state index in [1.165, 1.54) is 24.3 Å². The number of carbonyl (C=O) groups excluding carboxylic acids is 1. The Bertz CT molecular complexity index is 880. The van der Waals surface area contributed by atoms with Crippen LogP contribution in [0, 0.1) is 0 Å². The van der Waals surface area contributed by atoms with Gasteiger partial charge < -0.3 is 19.3 Å². The van der Waals surface area contributed by atoms with Gasteiger partial charge in [-0.25, -0.2) is 4.79 Å². The molecule has 0 spiro atoms. The Labute approximate surface area is 177 Å². The lowest BCUT2D eigenvalue weighted by molar-refractivity contribution is -0.134. The Morgan fingerprint density at radius 3 is 2.70 bits per heavy atom. The maximum atomic E-state index is 11.3. The number of aryl methyl sites for hydroxylation is 1. The Hall–Kier alpha value is -2.83. The van der Waals surface area contributed by atoms with Crippen LogP contribution in [-0.4, -0.2) is 56.5 Å². The van der Waals surface area contributed by atoms with E-state index < -0.39 is 0 Å². The number of hydrogen-bond donors (Lipinski definition) is 1. The van der Waals surface area contributed by atoms with Crippen LogP contribution in [0.3, 0.4) is 0 Å². The molecule has 0 fully saturated rings. The third-order valence-corrected chi connectivity index (χ3v) is 5.36. The van der Waals surface area contributed by atoms with E-state index in [1.807, 2.05) is 30.3 Å². The molecule has 1 atom stereocenters. The van der Waals surface area contributed by atoms with E-state index in [2.05, 4.69) is 21.8 Å². The first-order valence-electron chi connectivity index (χ1n) is 10.2. The summed E-state index contributed by atoms with van der Waals surface area (Å²) in [6, 6.07) is 14.1. The predicted octanol–water partition coefficient (Wildman–Crippen LogP) is 3.24. The molecule has 2 aromatic carbocycles. The highest BCUT2D eigenvalue weighted by Gasteiger charge is 2.27. The van der Waals surface area contributed by atoms with Crippen LogP contribution in [0.15, 0.2) is 48.5 Å². The summed E-state index contributed by atoms with van der Waals surface area (Å²) in [6.45, 7) is 1.89. The van der Waals surface area contributed by atoms with Crippen molar-refractivity contribution in [3.05, 3.63) is 65.2 Å². The van der Waals surface area contributed by atoms with Crippen LogP contribution in [0.5, 0.6) is 11.5 Å². The third-order valence-electron chi connectivity index (χ3n) is 5.36. The smallest absolute Gasteiger partial charge is 0.330 e. The molecule has 1 N–H and O–H groups in total. The van der Waals surface area contributed by atoms with Crippen molar-refractivity contribution >= 4 is 12.0 Å². The van der Waals surface area contributed by atoms with Crippen LogP contribution in [0.1, 0.15) is 29.2 Å². The lowest BCUT2D eigenvalue weighted by Gasteiger charge is -2.29. The number of methoxy groups -OCH3 is 2. The minimum Gasteiger partial charge on any atom is -0.493 e. The summed E-state index contributed by atoms with van der Waals surface area (Å²) in [5.41, 5.74) is 3.53. The molecule has 160 valence electrons. The maximum Gasteiger partial charge on any atom is 0.330 e. The van der Waals surface area contributed by atoms with Gasteiger partial charge in [0.15, 0.2) is 11.5 Å². The largest absolute Gasteiger partial charge is 0.493 e. The molecular weight excluding hydrogens is 382 g/mol. The van der Waals surface area contributed by atoms with Crippen molar-refractivity contribution in [3.8, 4) is 11.5 Å². The average molecular weight is 411 g/mol. The van der Waals surface area contributed by atoms with E-state index in [4.69, 9.17) is 9.47 Å². The Morgan fingerprint density at radius 2 is 1.97 bits per heavy atom. The van der Waals surface area contributed by atoms with Crippen LogP contribution in [0.25, 0.3) is 6.08 Å². The van der Waals surface area contributed by atoms with Gasteiger partial charge >= 0.3 is 5.97 Å². The van der Waals surface area contributed by atoms with Crippen LogP contribution in [0.2, 0.25) is 0 Å². The molecule has 2 aromatic rings. The lowest BCUT2D eigenvalue weighted by Crippen LogP contribution is -2.34. The number of carbonyl (C=O) groups is 1. The van der Waals surface area contributed by atoms with E-state index in [0.29, 0.717) is 25.4 Å². The molecule has 1 aliphatic carbocycles. The van der Waals surface area contributed by atoms with Gasteiger partial charge in [0.25, 0.3) is 0 Å². The topological polar surface area (TPSA) is 68.2 Å². The first kappa shape index (κ1) is 21.9. The summed E-state index contributed by atoms with van der Waals surface area (Å²) in [5, 5.41) is 9.58. The summed E-state index contributed by atoms with van der Waals surface area (Å²) in [4.78, 5) is 13.6. The molecule has 0 amide bonds. The normalized spacial score (nSPS) is 15.4. The number of fused-ring (bicyclic) bond motifs is 1. The number of para-hydroxylation sites is 2. The highest BCUT2D eigenvalue weighted by Crippen LogP contribution is 2.36. The predicted molar refractivity (Wildman–Crippen MR) is 116 cm³/mol. The Balaban J connectivity index is 1.66. The number of ether oxygens (including phenoxy) is 3. The van der Waals surface area contributed by atoms with E-state index in [1.54, 1.807) is 13.2 Å². The molecule has 0 saturated carbocycles. The number of rotatable bonds is 10. The lowest BCUT2D eigenvalue weighted by atomic mass is 10.0. The quantitative estimate of drug-likeness (QED) is 0.478. The molecule has 0 heterocycles. The van der Waals surface area contributed by atoms with Crippen LogP contribution in [-0.2, 0) is 16.0 Å². The van der Waals surface area contributed by atoms with Crippen molar-refractivity contribution in [2.75, 3.05) is 40.5 Å². The summed E-state index contributed by atoms with van der Waals surface area (Å²) in [7, 11) is 3.00. The van der Waals surface area contributed by atoms with Gasteiger partial charge in [0.05, 0.1) is 20.8 Å². The minimum atomic E-state index is -0.363. The molecule has 1 unspecified atom stereocenters. The Morgan fingerprint density at radius 1 is 1.17 bits per heavy atom. The fraction of sp³-hybridized carbons (Fsp3) is 0.375. The first-order chi connectivity index (χ1) is 14.7. The van der Waals surface area contributed by atoms with Crippen LogP contribution >= 0.6 is 0 Å². The number of aliphatic hydroxyl groups excluding tert-OH is 1. The molecule has 6 heteroatoms. The summed E-state index contributed by atoms with van der Waals surface area (Å²) < 4.78 is 15.9. The van der Waals surface area contributed by atoms with E-state index in [-0.39, 0.29) is 18.6 Å². The van der Waals surface area contributed by atoms with Gasteiger partial charge in [-0.15, -0.1) is 0 Å². The third kappa shape index (κ3) is 5.40. The van der Waals surface area contributed by atoms with Gasteiger partial charge in [-0.05, 0) is 47.7 Å². The Kier molecular flexibility index (Phi) is 7.88. The molecule has 3 rings (SSSR count). The SMILES string of the molecule is COC(=O)/C=C/c1ccc2c(c1)CCC2N(CCO)CCOc1ccccc1OC. The summed E-state index contributed by atoms with van der Waals surface area (Å²) in [6.07, 6.45) is 5.16. The molecule has 6 nitrogen and oxygen atoms in total. The zero-order valence-corrected chi connectivity index (χ0v) is 17.5. The number of nitrogens with zero attached hydrogens (tertiary/aromatic N) is 1. The maximum absolute atomic E-state index is 11.3. The monoisotopic (exact) mass is 411 g/mol. The van der Waals surface area contributed by atoms with Gasteiger partial charge in [-0.2, -0.15) is 0 Å². The second kappa shape index (κ2) is 10.8. The van der Waals surface area contributed by atoms with Crippen molar-refractivity contribution in [2.24, 2.45) is 0 Å². The van der Waals surface area contributed by atoms with Crippen molar-refractivity contribution < 1.29 is 24.1 Å². The minimum absolute atomic E-state index is 0.0977. The molecule has 30 heavy (non-hydrogen) atoms. The standard InChI is InChI=1S/C24H29NO5/c1-28-22-5-3-4-6-23(22)30-16-14-25(13-15-26)21-11-9-19-17-18(7-10-20(19)21)8-12-24(27)29-2/h3-8,10,12,17,21,26H,9,11,13-16H2,1-2H3/b12-8+. The zero-order chi connectivity index (χ0) is 21.3. The highest BCUT2D eigenvalue weighted by atomic mass is 16.5. The number of benzene rings is 2. The fourth-order valence-corrected chi connectivity index (χ4v) is 3.89. The van der Waals surface area contributed by atoms with Gasteiger partial charge in [-0.3, -0.25) is 4.90 Å². The van der Waals surface area contributed by atoms with Gasteiger partial charge in [0, 0.05) is 25.2 Å². The van der Waals surface area contributed by atoms with E-state index in [9.17, 15) is 9.90 Å². The van der Waals surface area contributed by atoms with Crippen molar-refractivity contribution in [3.63, 3.8) is 0 Å². The number of aliphatic hydroxyl groups is 1. The molecule has 0 aromatic heterocycles. The van der Waals surface area contributed by atoms with Crippen molar-refractivity contribution in [2.45, 2.75) is 18.9 Å². The van der Waals surface area contributed by atoms with Gasteiger partial charge in [-0.1, -0.05) is 30.3 Å². The fourth-order valence-electron chi connectivity index (χ4n) is 3.89. The van der Waals surface area contributed by atoms with Crippen LogP contribution < -0.4 is 9.47 Å². The number of esters is 1.